The summed E-state index contributed by atoms with van der Waals surface area (Å²) in [6.45, 7) is 11.8. The van der Waals surface area contributed by atoms with E-state index in [-0.39, 0.29) is 0 Å². The highest BCUT2D eigenvalue weighted by atomic mass is 15.2. The lowest BCUT2D eigenvalue weighted by Gasteiger charge is -2.32. The fraction of sp³-hybridized carbons (Fsp3) is 1.00. The van der Waals surface area contributed by atoms with Crippen molar-refractivity contribution < 1.29 is 0 Å². The first-order valence-electron chi connectivity index (χ1n) is 6.89. The van der Waals surface area contributed by atoms with Crippen LogP contribution in [0.5, 0.6) is 0 Å². The van der Waals surface area contributed by atoms with Gasteiger partial charge < -0.3 is 5.73 Å². The summed E-state index contributed by atoms with van der Waals surface area (Å²) in [7, 11) is 0. The van der Waals surface area contributed by atoms with E-state index >= 15 is 0 Å². The molecule has 2 aliphatic rings. The molecule has 0 radical (unpaired) electrons. The predicted octanol–water partition coefficient (Wildman–Crippen LogP) is 2.48. The largest absolute Gasteiger partial charge is 0.330 e. The van der Waals surface area contributed by atoms with Crippen LogP contribution in [0.3, 0.4) is 0 Å². The van der Waals surface area contributed by atoms with E-state index < -0.39 is 0 Å². The van der Waals surface area contributed by atoms with E-state index in [1.165, 1.54) is 25.8 Å². The van der Waals surface area contributed by atoms with E-state index in [0.29, 0.717) is 5.41 Å². The Balaban J connectivity index is 2.03. The van der Waals surface area contributed by atoms with Crippen molar-refractivity contribution >= 4 is 0 Å². The van der Waals surface area contributed by atoms with E-state index in [1.807, 2.05) is 0 Å². The lowest BCUT2D eigenvalue weighted by atomic mass is 9.91. The van der Waals surface area contributed by atoms with Gasteiger partial charge in [-0.25, -0.2) is 0 Å². The van der Waals surface area contributed by atoms with Crippen LogP contribution in [-0.4, -0.2) is 30.1 Å². The highest BCUT2D eigenvalue weighted by Crippen LogP contribution is 2.45. The predicted molar refractivity (Wildman–Crippen MR) is 69.3 cm³/mol. The van der Waals surface area contributed by atoms with Gasteiger partial charge >= 0.3 is 0 Å². The first-order chi connectivity index (χ1) is 7.43. The van der Waals surface area contributed by atoms with Gasteiger partial charge in [0.25, 0.3) is 0 Å². The molecule has 2 fully saturated rings. The van der Waals surface area contributed by atoms with E-state index in [2.05, 4.69) is 32.6 Å². The fourth-order valence-corrected chi connectivity index (χ4v) is 4.11. The van der Waals surface area contributed by atoms with E-state index in [1.54, 1.807) is 0 Å². The van der Waals surface area contributed by atoms with Crippen molar-refractivity contribution in [2.24, 2.45) is 23.0 Å². The van der Waals surface area contributed by atoms with Crippen molar-refractivity contribution in [2.45, 2.75) is 59.0 Å². The molecule has 94 valence electrons. The molecule has 4 atom stereocenters. The van der Waals surface area contributed by atoms with E-state index in [0.717, 1.165) is 30.5 Å². The van der Waals surface area contributed by atoms with Crippen LogP contribution in [0.4, 0.5) is 0 Å². The Bertz CT molecular complexity index is 249. The molecule has 0 aromatic heterocycles. The van der Waals surface area contributed by atoms with Gasteiger partial charge in [-0.15, -0.1) is 0 Å². The van der Waals surface area contributed by atoms with Gasteiger partial charge in [-0.2, -0.15) is 0 Å². The van der Waals surface area contributed by atoms with Crippen LogP contribution in [0.25, 0.3) is 0 Å². The number of nitrogens with zero attached hydrogens (tertiary/aromatic N) is 1. The number of hydrogen-bond acceptors (Lipinski definition) is 2. The Morgan fingerprint density at radius 3 is 2.38 bits per heavy atom. The molecule has 2 nitrogen and oxygen atoms in total. The SMILES string of the molecule is CC1CC(C)(C)CC1N1CC(CN)CC1C. The molecule has 0 aromatic carbocycles. The Hall–Kier alpha value is -0.0800. The van der Waals surface area contributed by atoms with Gasteiger partial charge in [-0.3, -0.25) is 4.90 Å². The Kier molecular flexibility index (Phi) is 3.33. The molecular weight excluding hydrogens is 196 g/mol. The van der Waals surface area contributed by atoms with Crippen molar-refractivity contribution in [3.8, 4) is 0 Å². The molecule has 2 rings (SSSR count). The van der Waals surface area contributed by atoms with Crippen molar-refractivity contribution in [1.82, 2.24) is 4.90 Å². The topological polar surface area (TPSA) is 29.3 Å². The summed E-state index contributed by atoms with van der Waals surface area (Å²) in [6.07, 6.45) is 4.06. The summed E-state index contributed by atoms with van der Waals surface area (Å²) in [6, 6.07) is 1.55. The van der Waals surface area contributed by atoms with Gasteiger partial charge in [0.1, 0.15) is 0 Å². The quantitative estimate of drug-likeness (QED) is 0.781. The highest BCUT2D eigenvalue weighted by Gasteiger charge is 2.43. The molecule has 1 saturated carbocycles. The summed E-state index contributed by atoms with van der Waals surface area (Å²) in [5, 5.41) is 0. The zero-order valence-electron chi connectivity index (χ0n) is 11.4. The minimum atomic E-state index is 0.546. The molecule has 1 aliphatic heterocycles. The van der Waals surface area contributed by atoms with Gasteiger partial charge in [-0.05, 0) is 50.0 Å². The molecule has 1 aliphatic carbocycles. The number of rotatable bonds is 2. The second-order valence-corrected chi connectivity index (χ2v) is 7.00. The molecule has 1 saturated heterocycles. The van der Waals surface area contributed by atoms with Gasteiger partial charge in [-0.1, -0.05) is 20.8 Å². The Labute approximate surface area is 101 Å². The average molecular weight is 224 g/mol. The van der Waals surface area contributed by atoms with Crippen molar-refractivity contribution in [1.29, 1.82) is 0 Å². The lowest BCUT2D eigenvalue weighted by molar-refractivity contribution is 0.152. The van der Waals surface area contributed by atoms with Gasteiger partial charge in [0.15, 0.2) is 0 Å². The summed E-state index contributed by atoms with van der Waals surface area (Å²) >= 11 is 0. The summed E-state index contributed by atoms with van der Waals surface area (Å²) in [5.74, 6) is 1.60. The van der Waals surface area contributed by atoms with Crippen LogP contribution < -0.4 is 5.73 Å². The monoisotopic (exact) mass is 224 g/mol. The van der Waals surface area contributed by atoms with Crippen LogP contribution in [0.2, 0.25) is 0 Å². The van der Waals surface area contributed by atoms with Gasteiger partial charge in [0.2, 0.25) is 0 Å². The normalized spacial score (nSPS) is 44.1. The third kappa shape index (κ3) is 2.28. The van der Waals surface area contributed by atoms with Gasteiger partial charge in [0.05, 0.1) is 0 Å². The number of hydrogen-bond donors (Lipinski definition) is 1. The minimum absolute atomic E-state index is 0.546. The average Bonchev–Trinajstić information content (AvgIpc) is 2.66. The molecule has 4 unspecified atom stereocenters. The molecule has 0 aromatic rings. The second kappa shape index (κ2) is 4.30. The maximum Gasteiger partial charge on any atom is 0.0129 e. The molecule has 16 heavy (non-hydrogen) atoms. The fourth-order valence-electron chi connectivity index (χ4n) is 4.11. The summed E-state index contributed by atoms with van der Waals surface area (Å²) < 4.78 is 0. The number of nitrogens with two attached hydrogens (primary N) is 1. The Morgan fingerprint density at radius 1 is 1.25 bits per heavy atom. The molecule has 2 heteroatoms. The van der Waals surface area contributed by atoms with Crippen LogP contribution >= 0.6 is 0 Å². The molecule has 2 N–H and O–H groups in total. The molecule has 0 spiro atoms. The van der Waals surface area contributed by atoms with E-state index in [4.69, 9.17) is 5.73 Å². The Morgan fingerprint density at radius 2 is 1.94 bits per heavy atom. The third-order valence-corrected chi connectivity index (χ3v) is 4.76. The third-order valence-electron chi connectivity index (χ3n) is 4.76. The zero-order valence-corrected chi connectivity index (χ0v) is 11.4. The maximum atomic E-state index is 5.82. The van der Waals surface area contributed by atoms with Crippen molar-refractivity contribution in [2.75, 3.05) is 13.1 Å². The minimum Gasteiger partial charge on any atom is -0.330 e. The van der Waals surface area contributed by atoms with Crippen LogP contribution in [0, 0.1) is 17.3 Å². The highest BCUT2D eigenvalue weighted by molar-refractivity contribution is 4.97. The van der Waals surface area contributed by atoms with Crippen LogP contribution in [-0.2, 0) is 0 Å². The smallest absolute Gasteiger partial charge is 0.0129 e. The second-order valence-electron chi connectivity index (χ2n) is 7.00. The lowest BCUT2D eigenvalue weighted by Crippen LogP contribution is -2.40. The molecule has 1 heterocycles. The molecular formula is C14H28N2. The molecule has 0 bridgehead atoms. The van der Waals surface area contributed by atoms with Crippen LogP contribution in [0.15, 0.2) is 0 Å². The summed E-state index contributed by atoms with van der Waals surface area (Å²) in [5.41, 5.74) is 6.36. The van der Waals surface area contributed by atoms with Crippen molar-refractivity contribution in [3.05, 3.63) is 0 Å². The maximum absolute atomic E-state index is 5.82. The van der Waals surface area contributed by atoms with Crippen molar-refractivity contribution in [3.63, 3.8) is 0 Å². The number of likely N-dealkylation sites (tertiary alicyclic amines) is 1. The first kappa shape index (κ1) is 12.4. The van der Waals surface area contributed by atoms with Crippen LogP contribution in [0.1, 0.15) is 47.0 Å². The van der Waals surface area contributed by atoms with E-state index in [9.17, 15) is 0 Å². The summed E-state index contributed by atoms with van der Waals surface area (Å²) in [4.78, 5) is 2.75. The molecule has 0 amide bonds. The van der Waals surface area contributed by atoms with Gasteiger partial charge in [0, 0.05) is 18.6 Å². The zero-order chi connectivity index (χ0) is 11.9. The standard InChI is InChI=1S/C14H28N2/c1-10-6-14(3,4)7-13(10)16-9-12(8-15)5-11(16)2/h10-13H,5-9,15H2,1-4H3. The first-order valence-corrected chi connectivity index (χ1v) is 6.89.